The number of nitrogens with one attached hydrogen (secondary N) is 1. The first-order valence-corrected chi connectivity index (χ1v) is 9.14. The largest absolute Gasteiger partial charge is 0.487 e. The molecule has 3 aliphatic rings. The van der Waals surface area contributed by atoms with Gasteiger partial charge in [-0.1, -0.05) is 6.42 Å². The van der Waals surface area contributed by atoms with Crippen LogP contribution in [0.3, 0.4) is 0 Å². The van der Waals surface area contributed by atoms with Crippen LogP contribution in [0.25, 0.3) is 5.70 Å². The van der Waals surface area contributed by atoms with E-state index < -0.39 is 12.2 Å². The summed E-state index contributed by atoms with van der Waals surface area (Å²) in [4.78, 5) is 5.69. The minimum absolute atomic E-state index is 0.0374. The zero-order chi connectivity index (χ0) is 18.0. The Morgan fingerprint density at radius 3 is 2.73 bits per heavy atom. The van der Waals surface area contributed by atoms with E-state index in [1.165, 1.54) is 12.5 Å². The summed E-state index contributed by atoms with van der Waals surface area (Å²) in [7, 11) is 0. The summed E-state index contributed by atoms with van der Waals surface area (Å²) in [5, 5.41) is 0. The van der Waals surface area contributed by atoms with Gasteiger partial charge in [-0.3, -0.25) is 10.3 Å². The molecule has 2 fully saturated rings. The number of rotatable bonds is 5. The Kier molecular flexibility index (Phi) is 5.00. The Balaban J connectivity index is 1.58. The molecule has 2 aliphatic heterocycles. The van der Waals surface area contributed by atoms with E-state index in [1.807, 2.05) is 6.08 Å². The number of hydrogen-bond acceptors (Lipinski definition) is 5. The molecule has 142 valence electrons. The molecule has 26 heavy (non-hydrogen) atoms. The molecule has 1 N–H and O–H groups in total. The van der Waals surface area contributed by atoms with Crippen molar-refractivity contribution in [2.75, 3.05) is 13.2 Å². The summed E-state index contributed by atoms with van der Waals surface area (Å²) in [6.07, 6.45) is 8.06. The van der Waals surface area contributed by atoms with Crippen LogP contribution >= 0.6 is 0 Å². The standard InChI is InChI=1S/C19H23F2NO4/c20-18(21)25-16-7-6-13(10-17(16)24-14-4-2-1-3-5-14)15-11-19(26-22-15)8-9-23-12-19/h6-7,10-11,14,18,22H,1-5,8-9,12H2. The number of benzene rings is 1. The molecule has 1 aromatic rings. The van der Waals surface area contributed by atoms with Crippen molar-refractivity contribution in [3.05, 3.63) is 29.8 Å². The summed E-state index contributed by atoms with van der Waals surface area (Å²) in [6, 6.07) is 4.99. The lowest BCUT2D eigenvalue weighted by atomic mass is 9.97. The lowest BCUT2D eigenvalue weighted by molar-refractivity contribution is -0.0523. The van der Waals surface area contributed by atoms with Gasteiger partial charge in [0.25, 0.3) is 0 Å². The molecule has 1 atom stereocenters. The molecular formula is C19H23F2NO4. The van der Waals surface area contributed by atoms with Gasteiger partial charge >= 0.3 is 6.61 Å². The highest BCUT2D eigenvalue weighted by Gasteiger charge is 2.39. The smallest absolute Gasteiger partial charge is 0.387 e. The van der Waals surface area contributed by atoms with Crippen molar-refractivity contribution >= 4 is 5.70 Å². The Bertz CT molecular complexity index is 668. The lowest BCUT2D eigenvalue weighted by Crippen LogP contribution is -2.29. The molecule has 4 rings (SSSR count). The normalized spacial score (nSPS) is 26.2. The minimum atomic E-state index is -2.89. The minimum Gasteiger partial charge on any atom is -0.487 e. The number of ether oxygens (including phenoxy) is 3. The van der Waals surface area contributed by atoms with Crippen molar-refractivity contribution in [2.24, 2.45) is 0 Å². The number of alkyl halides is 2. The van der Waals surface area contributed by atoms with Gasteiger partial charge < -0.3 is 14.2 Å². The molecule has 7 heteroatoms. The molecule has 0 aromatic heterocycles. The zero-order valence-electron chi connectivity index (χ0n) is 14.5. The summed E-state index contributed by atoms with van der Waals surface area (Å²) >= 11 is 0. The number of hydroxylamine groups is 1. The number of hydrogen-bond donors (Lipinski definition) is 1. The van der Waals surface area contributed by atoms with Crippen molar-refractivity contribution in [1.29, 1.82) is 0 Å². The van der Waals surface area contributed by atoms with Crippen molar-refractivity contribution < 1.29 is 27.8 Å². The molecular weight excluding hydrogens is 344 g/mol. The van der Waals surface area contributed by atoms with Crippen LogP contribution in [0.15, 0.2) is 24.3 Å². The van der Waals surface area contributed by atoms with E-state index in [1.54, 1.807) is 12.1 Å². The highest BCUT2D eigenvalue weighted by atomic mass is 19.3. The van der Waals surface area contributed by atoms with Gasteiger partial charge in [-0.2, -0.15) is 8.78 Å². The van der Waals surface area contributed by atoms with Gasteiger partial charge in [0.05, 0.1) is 18.4 Å². The second-order valence-corrected chi connectivity index (χ2v) is 7.05. The van der Waals surface area contributed by atoms with Crippen molar-refractivity contribution in [3.63, 3.8) is 0 Å². The molecule has 1 saturated carbocycles. The Morgan fingerprint density at radius 2 is 2.00 bits per heavy atom. The fourth-order valence-corrected chi connectivity index (χ4v) is 3.70. The van der Waals surface area contributed by atoms with Gasteiger partial charge in [0, 0.05) is 18.6 Å². The fraction of sp³-hybridized carbons (Fsp3) is 0.579. The molecule has 1 unspecified atom stereocenters. The first-order valence-electron chi connectivity index (χ1n) is 9.14. The van der Waals surface area contributed by atoms with Crippen LogP contribution < -0.4 is 15.0 Å². The zero-order valence-corrected chi connectivity index (χ0v) is 14.5. The van der Waals surface area contributed by atoms with Crippen LogP contribution in [0.5, 0.6) is 11.5 Å². The summed E-state index contributed by atoms with van der Waals surface area (Å²) in [5.74, 6) is 0.411. The first-order chi connectivity index (χ1) is 12.6. The van der Waals surface area contributed by atoms with Gasteiger partial charge in [-0.25, -0.2) is 0 Å². The second kappa shape index (κ2) is 7.40. The third-order valence-corrected chi connectivity index (χ3v) is 5.10. The first kappa shape index (κ1) is 17.5. The van der Waals surface area contributed by atoms with Crippen LogP contribution in [0, 0.1) is 0 Å². The van der Waals surface area contributed by atoms with Crippen LogP contribution in [-0.2, 0) is 9.57 Å². The molecule has 2 heterocycles. The average Bonchev–Trinajstić information content (AvgIpc) is 3.27. The summed E-state index contributed by atoms with van der Waals surface area (Å²) < 4.78 is 41.6. The SMILES string of the molecule is FC(F)Oc1ccc(C2=CC3(CCOC3)ON2)cc1OC1CCCCC1. The van der Waals surface area contributed by atoms with Crippen LogP contribution in [-0.4, -0.2) is 31.5 Å². The third-order valence-electron chi connectivity index (χ3n) is 5.10. The maximum Gasteiger partial charge on any atom is 0.387 e. The molecule has 1 spiro atoms. The van der Waals surface area contributed by atoms with Crippen LogP contribution in [0.2, 0.25) is 0 Å². The van der Waals surface area contributed by atoms with E-state index in [0.717, 1.165) is 43.4 Å². The van der Waals surface area contributed by atoms with Gasteiger partial charge in [0.2, 0.25) is 0 Å². The monoisotopic (exact) mass is 367 g/mol. The van der Waals surface area contributed by atoms with Crippen LogP contribution in [0.1, 0.15) is 44.1 Å². The van der Waals surface area contributed by atoms with E-state index >= 15 is 0 Å². The summed E-state index contributed by atoms with van der Waals surface area (Å²) in [6.45, 7) is -1.73. The molecule has 1 aliphatic carbocycles. The van der Waals surface area contributed by atoms with E-state index in [0.29, 0.717) is 19.0 Å². The quantitative estimate of drug-likeness (QED) is 0.851. The lowest BCUT2D eigenvalue weighted by Gasteiger charge is -2.24. The van der Waals surface area contributed by atoms with Gasteiger partial charge in [-0.15, -0.1) is 0 Å². The molecule has 5 nitrogen and oxygen atoms in total. The van der Waals surface area contributed by atoms with Crippen molar-refractivity contribution in [1.82, 2.24) is 5.48 Å². The fourth-order valence-electron chi connectivity index (χ4n) is 3.70. The predicted octanol–water partition coefficient (Wildman–Crippen LogP) is 4.03. The Morgan fingerprint density at radius 1 is 1.15 bits per heavy atom. The van der Waals surface area contributed by atoms with Crippen molar-refractivity contribution in [2.45, 2.75) is 56.8 Å². The van der Waals surface area contributed by atoms with Crippen LogP contribution in [0.4, 0.5) is 8.78 Å². The molecule has 1 aromatic carbocycles. The third kappa shape index (κ3) is 3.78. The second-order valence-electron chi connectivity index (χ2n) is 7.05. The van der Waals surface area contributed by atoms with Gasteiger partial charge in [-0.05, 0) is 50.0 Å². The Labute approximate surface area is 151 Å². The predicted molar refractivity (Wildman–Crippen MR) is 90.9 cm³/mol. The Hall–Kier alpha value is -1.86. The maximum absolute atomic E-state index is 12.7. The van der Waals surface area contributed by atoms with E-state index in [4.69, 9.17) is 14.3 Å². The molecule has 0 amide bonds. The van der Waals surface area contributed by atoms with E-state index in [9.17, 15) is 8.78 Å². The molecule has 0 radical (unpaired) electrons. The van der Waals surface area contributed by atoms with Gasteiger partial charge in [0.1, 0.15) is 5.60 Å². The van der Waals surface area contributed by atoms with E-state index in [-0.39, 0.29) is 11.9 Å². The molecule has 1 saturated heterocycles. The summed E-state index contributed by atoms with van der Waals surface area (Å²) in [5.41, 5.74) is 4.08. The highest BCUT2D eigenvalue weighted by molar-refractivity contribution is 5.68. The van der Waals surface area contributed by atoms with Crippen molar-refractivity contribution in [3.8, 4) is 11.5 Å². The van der Waals surface area contributed by atoms with E-state index in [2.05, 4.69) is 10.2 Å². The molecule has 0 bridgehead atoms. The highest BCUT2D eigenvalue weighted by Crippen LogP contribution is 2.37. The maximum atomic E-state index is 12.7. The van der Waals surface area contributed by atoms with Gasteiger partial charge in [0.15, 0.2) is 11.5 Å². The topological polar surface area (TPSA) is 49.0 Å². The average molecular weight is 367 g/mol. The number of halogens is 2.